The van der Waals surface area contributed by atoms with Crippen LogP contribution in [0.15, 0.2) is 39.3 Å². The molecule has 0 aliphatic rings. The summed E-state index contributed by atoms with van der Waals surface area (Å²) in [6.45, 7) is 1.98. The van der Waals surface area contributed by atoms with Crippen LogP contribution in [0.5, 0.6) is 5.75 Å². The van der Waals surface area contributed by atoms with E-state index in [9.17, 15) is 4.79 Å². The van der Waals surface area contributed by atoms with E-state index in [0.29, 0.717) is 22.7 Å². The molecule has 0 aromatic heterocycles. The first-order valence-corrected chi connectivity index (χ1v) is 7.71. The Labute approximate surface area is 139 Å². The highest BCUT2D eigenvalue weighted by molar-refractivity contribution is 9.11. The Morgan fingerprint density at radius 2 is 1.81 bits per heavy atom. The molecule has 21 heavy (non-hydrogen) atoms. The van der Waals surface area contributed by atoms with E-state index in [1.165, 1.54) is 7.11 Å². The van der Waals surface area contributed by atoms with Gasteiger partial charge in [0.05, 0.1) is 18.5 Å². The summed E-state index contributed by atoms with van der Waals surface area (Å²) in [6, 6.07) is 8.78. The van der Waals surface area contributed by atoms with Crippen LogP contribution in [0, 0.1) is 6.92 Å². The number of nitrogen functional groups attached to an aromatic ring is 1. The summed E-state index contributed by atoms with van der Waals surface area (Å²) in [4.78, 5) is 12.3. The lowest BCUT2D eigenvalue weighted by Crippen LogP contribution is -2.13. The van der Waals surface area contributed by atoms with Gasteiger partial charge in [-0.15, -0.1) is 0 Å². The number of benzene rings is 2. The van der Waals surface area contributed by atoms with Crippen LogP contribution >= 0.6 is 31.9 Å². The minimum absolute atomic E-state index is 0.237. The van der Waals surface area contributed by atoms with Crippen LogP contribution in [-0.4, -0.2) is 13.0 Å². The van der Waals surface area contributed by atoms with E-state index in [0.717, 1.165) is 14.5 Å². The molecule has 0 spiro atoms. The molecule has 0 aliphatic carbocycles. The van der Waals surface area contributed by atoms with Gasteiger partial charge in [0.1, 0.15) is 5.75 Å². The first-order chi connectivity index (χ1) is 9.92. The zero-order chi connectivity index (χ0) is 15.6. The molecule has 0 atom stereocenters. The van der Waals surface area contributed by atoms with Crippen LogP contribution < -0.4 is 15.8 Å². The normalized spacial score (nSPS) is 10.3. The van der Waals surface area contributed by atoms with E-state index >= 15 is 0 Å². The monoisotopic (exact) mass is 412 g/mol. The number of rotatable bonds is 3. The van der Waals surface area contributed by atoms with Gasteiger partial charge < -0.3 is 15.8 Å². The second-order valence-corrected chi connectivity index (χ2v) is 6.22. The van der Waals surface area contributed by atoms with Gasteiger partial charge >= 0.3 is 0 Å². The van der Waals surface area contributed by atoms with Crippen LogP contribution in [0.4, 0.5) is 11.4 Å². The highest BCUT2D eigenvalue weighted by Crippen LogP contribution is 2.33. The first-order valence-electron chi connectivity index (χ1n) is 6.13. The number of nitrogens with two attached hydrogens (primary N) is 1. The molecule has 0 unspecified atom stereocenters. The molecule has 0 saturated heterocycles. The van der Waals surface area contributed by atoms with E-state index in [4.69, 9.17) is 10.5 Å². The van der Waals surface area contributed by atoms with Gasteiger partial charge in [-0.2, -0.15) is 0 Å². The maximum atomic E-state index is 12.3. The molecule has 0 radical (unpaired) electrons. The summed E-state index contributed by atoms with van der Waals surface area (Å²) in [7, 11) is 1.51. The van der Waals surface area contributed by atoms with Crippen molar-refractivity contribution in [2.24, 2.45) is 0 Å². The third-order valence-corrected chi connectivity index (χ3v) is 4.17. The third-order valence-electron chi connectivity index (χ3n) is 2.92. The van der Waals surface area contributed by atoms with Crippen LogP contribution in [0.3, 0.4) is 0 Å². The Hall–Kier alpha value is -1.53. The molecular formula is C15H14Br2N2O2. The minimum atomic E-state index is -0.237. The molecule has 0 bridgehead atoms. The number of hydrogen-bond donors (Lipinski definition) is 2. The molecule has 2 rings (SSSR count). The predicted molar refractivity (Wildman–Crippen MR) is 91.9 cm³/mol. The molecule has 2 aromatic carbocycles. The minimum Gasteiger partial charge on any atom is -0.495 e. The predicted octanol–water partition coefficient (Wildman–Crippen LogP) is 4.36. The number of amides is 1. The molecule has 6 heteroatoms. The van der Waals surface area contributed by atoms with E-state index in [1.807, 2.05) is 19.1 Å². The number of carbonyl (C=O) groups excluding carboxylic acids is 1. The van der Waals surface area contributed by atoms with Crippen molar-refractivity contribution in [1.82, 2.24) is 0 Å². The molecule has 3 N–H and O–H groups in total. The third kappa shape index (κ3) is 3.57. The van der Waals surface area contributed by atoms with Gasteiger partial charge in [-0.1, -0.05) is 0 Å². The molecule has 0 fully saturated rings. The van der Waals surface area contributed by atoms with Crippen LogP contribution in [0.25, 0.3) is 0 Å². The summed E-state index contributed by atoms with van der Waals surface area (Å²) in [6.07, 6.45) is 0. The first kappa shape index (κ1) is 15.9. The van der Waals surface area contributed by atoms with Crippen molar-refractivity contribution in [3.8, 4) is 5.75 Å². The number of methoxy groups -OCH3 is 1. The quantitative estimate of drug-likeness (QED) is 0.734. The second kappa shape index (κ2) is 6.49. The van der Waals surface area contributed by atoms with Gasteiger partial charge in [0.2, 0.25) is 0 Å². The standard InChI is InChI=1S/C15H14Br2N2O2/c1-8-5-10(16)14(11(17)6-8)19-15(20)9-3-4-12(18)13(7-9)21-2/h3-7H,18H2,1-2H3,(H,19,20). The van der Waals surface area contributed by atoms with Crippen molar-refractivity contribution in [1.29, 1.82) is 0 Å². The average Bonchev–Trinajstić information content (AvgIpc) is 2.43. The lowest BCUT2D eigenvalue weighted by atomic mass is 10.1. The zero-order valence-electron chi connectivity index (χ0n) is 11.5. The lowest BCUT2D eigenvalue weighted by Gasteiger charge is -2.12. The SMILES string of the molecule is COc1cc(C(=O)Nc2c(Br)cc(C)cc2Br)ccc1N. The number of hydrogen-bond acceptors (Lipinski definition) is 3. The Balaban J connectivity index is 2.30. The van der Waals surface area contributed by atoms with Crippen molar-refractivity contribution in [3.63, 3.8) is 0 Å². The van der Waals surface area contributed by atoms with Crippen LogP contribution in [0.2, 0.25) is 0 Å². The summed E-state index contributed by atoms with van der Waals surface area (Å²) in [5.74, 6) is 0.239. The van der Waals surface area contributed by atoms with Gasteiger partial charge in [-0.05, 0) is 74.7 Å². The number of halogens is 2. The molecule has 0 heterocycles. The number of carbonyl (C=O) groups is 1. The Morgan fingerprint density at radius 3 is 2.38 bits per heavy atom. The fraction of sp³-hybridized carbons (Fsp3) is 0.133. The highest BCUT2D eigenvalue weighted by atomic mass is 79.9. The number of ether oxygens (including phenoxy) is 1. The molecular weight excluding hydrogens is 400 g/mol. The zero-order valence-corrected chi connectivity index (χ0v) is 14.7. The average molecular weight is 414 g/mol. The Kier molecular flexibility index (Phi) is 4.90. The number of aryl methyl sites for hydroxylation is 1. The van der Waals surface area contributed by atoms with Gasteiger partial charge in [0.15, 0.2) is 0 Å². The maximum Gasteiger partial charge on any atom is 0.255 e. The smallest absolute Gasteiger partial charge is 0.255 e. The largest absolute Gasteiger partial charge is 0.495 e. The molecule has 0 aliphatic heterocycles. The fourth-order valence-electron chi connectivity index (χ4n) is 1.86. The molecule has 0 saturated carbocycles. The van der Waals surface area contributed by atoms with Crippen molar-refractivity contribution in [2.75, 3.05) is 18.2 Å². The maximum absolute atomic E-state index is 12.3. The highest BCUT2D eigenvalue weighted by Gasteiger charge is 2.13. The Morgan fingerprint density at radius 1 is 1.19 bits per heavy atom. The van der Waals surface area contributed by atoms with E-state index in [-0.39, 0.29) is 5.91 Å². The van der Waals surface area contributed by atoms with E-state index in [2.05, 4.69) is 37.2 Å². The topological polar surface area (TPSA) is 64.3 Å². The summed E-state index contributed by atoms with van der Waals surface area (Å²) in [5, 5.41) is 2.86. The van der Waals surface area contributed by atoms with E-state index in [1.54, 1.807) is 18.2 Å². The van der Waals surface area contributed by atoms with Gasteiger partial charge in [-0.3, -0.25) is 4.79 Å². The summed E-state index contributed by atoms with van der Waals surface area (Å²) < 4.78 is 6.75. The van der Waals surface area contributed by atoms with Crippen molar-refractivity contribution in [3.05, 3.63) is 50.4 Å². The number of nitrogens with one attached hydrogen (secondary N) is 1. The van der Waals surface area contributed by atoms with Gasteiger partial charge in [-0.25, -0.2) is 0 Å². The van der Waals surface area contributed by atoms with E-state index < -0.39 is 0 Å². The molecule has 110 valence electrons. The van der Waals surface area contributed by atoms with Crippen molar-refractivity contribution in [2.45, 2.75) is 6.92 Å². The van der Waals surface area contributed by atoms with Crippen molar-refractivity contribution >= 4 is 49.1 Å². The Bertz CT molecular complexity index is 679. The van der Waals surface area contributed by atoms with Gasteiger partial charge in [0, 0.05) is 14.5 Å². The van der Waals surface area contributed by atoms with Gasteiger partial charge in [0.25, 0.3) is 5.91 Å². The fourth-order valence-corrected chi connectivity index (χ4v) is 3.47. The molecule has 4 nitrogen and oxygen atoms in total. The lowest BCUT2D eigenvalue weighted by molar-refractivity contribution is 0.102. The summed E-state index contributed by atoms with van der Waals surface area (Å²) >= 11 is 6.90. The van der Waals surface area contributed by atoms with Crippen LogP contribution in [-0.2, 0) is 0 Å². The van der Waals surface area contributed by atoms with Crippen molar-refractivity contribution < 1.29 is 9.53 Å². The molecule has 1 amide bonds. The number of anilines is 2. The summed E-state index contributed by atoms with van der Waals surface area (Å²) in [5.41, 5.74) is 8.48. The van der Waals surface area contributed by atoms with Crippen LogP contribution in [0.1, 0.15) is 15.9 Å². The molecule has 2 aromatic rings. The second-order valence-electron chi connectivity index (χ2n) is 4.51.